The standard InChI is InChI=1S/C21H25N3.C3H5F3.C2H6/c1-14-11-15(2)21(23-12-14)17(4)24-16(3)9-10-18-13-22-20-8-6-5-7-19(18)20;1-2-3(4,5)6;1-2/h5-8,11-13,17,22,24H,3,9-10H2,1-2,4H3;2H2,1H3;1-2H3. The molecule has 1 atom stereocenters. The number of pyridine rings is 1. The predicted octanol–water partition coefficient (Wildman–Crippen LogP) is 7.96. The van der Waals surface area contributed by atoms with Gasteiger partial charge in [-0.1, -0.05) is 51.6 Å². The van der Waals surface area contributed by atoms with Gasteiger partial charge in [0.1, 0.15) is 0 Å². The minimum absolute atomic E-state index is 0.168. The average molecular weight is 448 g/mol. The molecule has 2 aromatic heterocycles. The summed E-state index contributed by atoms with van der Waals surface area (Å²) in [6.07, 6.45) is 1.23. The van der Waals surface area contributed by atoms with Crippen molar-refractivity contribution in [2.75, 3.05) is 0 Å². The van der Waals surface area contributed by atoms with Gasteiger partial charge >= 0.3 is 6.18 Å². The summed E-state index contributed by atoms with van der Waals surface area (Å²) in [6.45, 7) is 15.6. The van der Waals surface area contributed by atoms with Gasteiger partial charge in [0.05, 0.1) is 11.7 Å². The van der Waals surface area contributed by atoms with Crippen molar-refractivity contribution in [1.82, 2.24) is 15.3 Å². The van der Waals surface area contributed by atoms with Crippen molar-refractivity contribution >= 4 is 10.9 Å². The lowest BCUT2D eigenvalue weighted by molar-refractivity contribution is -0.130. The van der Waals surface area contributed by atoms with E-state index in [1.54, 1.807) is 0 Å². The molecule has 0 bridgehead atoms. The molecule has 0 aliphatic heterocycles. The van der Waals surface area contributed by atoms with E-state index in [1.807, 2.05) is 20.0 Å². The van der Waals surface area contributed by atoms with Gasteiger partial charge in [-0.15, -0.1) is 0 Å². The van der Waals surface area contributed by atoms with Gasteiger partial charge in [0.25, 0.3) is 0 Å². The summed E-state index contributed by atoms with van der Waals surface area (Å²) >= 11 is 0. The molecule has 0 amide bonds. The Hall–Kier alpha value is -2.76. The first kappa shape index (κ1) is 27.3. The number of hydrogen-bond donors (Lipinski definition) is 2. The Morgan fingerprint density at radius 2 is 1.81 bits per heavy atom. The molecule has 0 spiro atoms. The van der Waals surface area contributed by atoms with Crippen molar-refractivity contribution < 1.29 is 13.2 Å². The van der Waals surface area contributed by atoms with E-state index >= 15 is 0 Å². The van der Waals surface area contributed by atoms with Crippen LogP contribution in [0.1, 0.15) is 69.0 Å². The summed E-state index contributed by atoms with van der Waals surface area (Å²) in [5, 5.41) is 4.80. The van der Waals surface area contributed by atoms with Crippen LogP contribution in [0.3, 0.4) is 0 Å². The molecule has 3 nitrogen and oxygen atoms in total. The Morgan fingerprint density at radius 1 is 1.19 bits per heavy atom. The first-order valence-electron chi connectivity index (χ1n) is 11.1. The maximum Gasteiger partial charge on any atom is 0.388 e. The average Bonchev–Trinajstić information content (AvgIpc) is 3.16. The van der Waals surface area contributed by atoms with E-state index in [0.29, 0.717) is 0 Å². The molecule has 0 fully saturated rings. The van der Waals surface area contributed by atoms with Crippen molar-refractivity contribution in [3.8, 4) is 0 Å². The molecule has 1 aromatic carbocycles. The number of aromatic nitrogens is 2. The zero-order valence-electron chi connectivity index (χ0n) is 20.0. The fourth-order valence-corrected chi connectivity index (χ4v) is 3.25. The number of benzene rings is 1. The topological polar surface area (TPSA) is 40.7 Å². The van der Waals surface area contributed by atoms with Crippen LogP contribution in [0.25, 0.3) is 10.9 Å². The molecule has 32 heavy (non-hydrogen) atoms. The third-order valence-electron chi connectivity index (χ3n) is 4.86. The van der Waals surface area contributed by atoms with Crippen LogP contribution >= 0.6 is 0 Å². The number of halogens is 3. The Kier molecular flexibility index (Phi) is 11.0. The number of nitrogens with zero attached hydrogens (tertiary/aromatic N) is 1. The zero-order chi connectivity index (χ0) is 24.3. The van der Waals surface area contributed by atoms with Crippen molar-refractivity contribution in [3.63, 3.8) is 0 Å². The number of allylic oxidation sites excluding steroid dienone is 1. The number of rotatable bonds is 6. The lowest BCUT2D eigenvalue weighted by Gasteiger charge is -2.18. The van der Waals surface area contributed by atoms with Gasteiger partial charge in [0.2, 0.25) is 0 Å². The molecule has 0 saturated heterocycles. The number of hydrogen-bond acceptors (Lipinski definition) is 2. The Balaban J connectivity index is 0.000000556. The molecular formula is C26H36F3N3. The number of alkyl halides is 3. The van der Waals surface area contributed by atoms with Crippen molar-refractivity contribution in [2.45, 2.75) is 73.0 Å². The molecule has 0 aliphatic rings. The van der Waals surface area contributed by atoms with Crippen molar-refractivity contribution in [3.05, 3.63) is 77.4 Å². The Bertz CT molecular complexity index is 974. The largest absolute Gasteiger partial charge is 0.388 e. The maximum atomic E-state index is 10.8. The maximum absolute atomic E-state index is 10.8. The SMILES string of the molecule is C=C(CCc1c[nH]c2ccccc12)NC(C)c1ncc(C)cc1C.CC.CCC(F)(F)F. The van der Waals surface area contributed by atoms with Gasteiger partial charge in [-0.3, -0.25) is 4.98 Å². The third-order valence-corrected chi connectivity index (χ3v) is 4.86. The molecule has 6 heteroatoms. The second-order valence-corrected chi connectivity index (χ2v) is 7.51. The van der Waals surface area contributed by atoms with E-state index < -0.39 is 12.6 Å². The van der Waals surface area contributed by atoms with Crippen LogP contribution < -0.4 is 5.32 Å². The molecule has 0 aliphatic carbocycles. The van der Waals surface area contributed by atoms with Gasteiger partial charge in [-0.05, 0) is 56.4 Å². The van der Waals surface area contributed by atoms with E-state index in [9.17, 15) is 13.2 Å². The van der Waals surface area contributed by atoms with Gasteiger partial charge in [-0.2, -0.15) is 13.2 Å². The van der Waals surface area contributed by atoms with Crippen LogP contribution in [0.2, 0.25) is 0 Å². The number of aromatic amines is 1. The summed E-state index contributed by atoms with van der Waals surface area (Å²) in [7, 11) is 0. The van der Waals surface area contributed by atoms with Crippen LogP contribution in [0.4, 0.5) is 13.2 Å². The van der Waals surface area contributed by atoms with Crippen LogP contribution in [0, 0.1) is 13.8 Å². The first-order valence-corrected chi connectivity index (χ1v) is 11.1. The summed E-state index contributed by atoms with van der Waals surface area (Å²) in [5.74, 6) is 0. The molecule has 0 radical (unpaired) electrons. The molecule has 3 rings (SSSR count). The normalized spacial score (nSPS) is 11.7. The highest BCUT2D eigenvalue weighted by Crippen LogP contribution is 2.21. The van der Waals surface area contributed by atoms with Gasteiger partial charge in [0.15, 0.2) is 0 Å². The van der Waals surface area contributed by atoms with Gasteiger partial charge < -0.3 is 10.3 Å². The van der Waals surface area contributed by atoms with Crippen molar-refractivity contribution in [1.29, 1.82) is 0 Å². The molecule has 2 N–H and O–H groups in total. The number of H-pyrrole nitrogens is 1. The van der Waals surface area contributed by atoms with Crippen LogP contribution in [0.5, 0.6) is 0 Å². The third kappa shape index (κ3) is 8.77. The van der Waals surface area contributed by atoms with E-state index in [2.05, 4.69) is 79.2 Å². The molecule has 2 heterocycles. The quantitative estimate of drug-likeness (QED) is 0.402. The van der Waals surface area contributed by atoms with Crippen molar-refractivity contribution in [2.24, 2.45) is 0 Å². The minimum Gasteiger partial charge on any atom is -0.381 e. The Morgan fingerprint density at radius 3 is 2.41 bits per heavy atom. The number of fused-ring (bicyclic) bond motifs is 1. The smallest absolute Gasteiger partial charge is 0.381 e. The van der Waals surface area contributed by atoms with E-state index in [4.69, 9.17) is 0 Å². The van der Waals surface area contributed by atoms with Crippen LogP contribution in [-0.2, 0) is 6.42 Å². The zero-order valence-corrected chi connectivity index (χ0v) is 20.0. The molecule has 3 aromatic rings. The second kappa shape index (κ2) is 12.9. The molecule has 1 unspecified atom stereocenters. The number of aryl methyl sites for hydroxylation is 3. The van der Waals surface area contributed by atoms with Gasteiger partial charge in [0, 0.05) is 35.4 Å². The highest BCUT2D eigenvalue weighted by molar-refractivity contribution is 5.83. The predicted molar refractivity (Wildman–Crippen MR) is 129 cm³/mol. The lowest BCUT2D eigenvalue weighted by Crippen LogP contribution is -2.20. The molecular weight excluding hydrogens is 411 g/mol. The highest BCUT2D eigenvalue weighted by atomic mass is 19.4. The molecule has 0 saturated carbocycles. The monoisotopic (exact) mass is 447 g/mol. The second-order valence-electron chi connectivity index (χ2n) is 7.51. The highest BCUT2D eigenvalue weighted by Gasteiger charge is 2.22. The first-order chi connectivity index (χ1) is 15.1. The number of para-hydroxylation sites is 1. The fourth-order valence-electron chi connectivity index (χ4n) is 3.25. The number of nitrogens with one attached hydrogen (secondary N) is 2. The van der Waals surface area contributed by atoms with Crippen LogP contribution in [-0.4, -0.2) is 16.1 Å². The van der Waals surface area contributed by atoms with E-state index in [1.165, 1.54) is 27.6 Å². The van der Waals surface area contributed by atoms with Crippen LogP contribution in [0.15, 0.2) is 55.0 Å². The fraction of sp³-hybridized carbons (Fsp3) is 0.423. The molecule has 176 valence electrons. The Labute approximate surface area is 190 Å². The summed E-state index contributed by atoms with van der Waals surface area (Å²) in [4.78, 5) is 7.90. The van der Waals surface area contributed by atoms with E-state index in [-0.39, 0.29) is 6.04 Å². The van der Waals surface area contributed by atoms with E-state index in [0.717, 1.165) is 31.2 Å². The lowest BCUT2D eigenvalue weighted by atomic mass is 10.1. The van der Waals surface area contributed by atoms with Gasteiger partial charge in [-0.25, -0.2) is 0 Å². The summed E-state index contributed by atoms with van der Waals surface area (Å²) in [5.41, 5.74) is 7.09. The summed E-state index contributed by atoms with van der Waals surface area (Å²) < 4.78 is 32.4. The minimum atomic E-state index is -3.96. The summed E-state index contributed by atoms with van der Waals surface area (Å²) in [6, 6.07) is 10.8.